The summed E-state index contributed by atoms with van der Waals surface area (Å²) in [4.78, 5) is 10.8. The van der Waals surface area contributed by atoms with Crippen molar-refractivity contribution in [3.63, 3.8) is 0 Å². The number of rotatable bonds is 4. The average Bonchev–Trinajstić information content (AvgIpc) is 2.08. The molecule has 0 unspecified atom stereocenters. The molecule has 0 N–H and O–H groups in total. The van der Waals surface area contributed by atoms with E-state index in [2.05, 4.69) is 26.0 Å². The van der Waals surface area contributed by atoms with Crippen LogP contribution in [0.5, 0.6) is 0 Å². The van der Waals surface area contributed by atoms with E-state index in [9.17, 15) is 4.79 Å². The van der Waals surface area contributed by atoms with Crippen molar-refractivity contribution in [2.24, 2.45) is 5.92 Å². The zero-order chi connectivity index (χ0) is 11.4. The van der Waals surface area contributed by atoms with Crippen LogP contribution in [0, 0.1) is 12.8 Å². The molecule has 0 radical (unpaired) electrons. The Morgan fingerprint density at radius 2 is 2.07 bits per heavy atom. The van der Waals surface area contributed by atoms with E-state index < -0.39 is 0 Å². The average molecular weight is 225 g/mol. The Kier molecular flexibility index (Phi) is 4.34. The molecule has 0 saturated carbocycles. The van der Waals surface area contributed by atoms with Crippen LogP contribution in [0.15, 0.2) is 18.2 Å². The van der Waals surface area contributed by atoms with Gasteiger partial charge in [-0.25, -0.2) is 0 Å². The quantitative estimate of drug-likeness (QED) is 0.716. The number of carbonyl (C=O) groups excluding carboxylic acids is 1. The molecule has 0 fully saturated rings. The highest BCUT2D eigenvalue weighted by Crippen LogP contribution is 2.15. The number of aryl methyl sites for hydroxylation is 1. The minimum absolute atomic E-state index is 0.297. The number of benzene rings is 1. The van der Waals surface area contributed by atoms with E-state index in [1.165, 1.54) is 5.56 Å². The Morgan fingerprint density at radius 3 is 2.53 bits per heavy atom. The number of halogens is 1. The van der Waals surface area contributed by atoms with Gasteiger partial charge >= 0.3 is 0 Å². The molecule has 1 aromatic rings. The van der Waals surface area contributed by atoms with Gasteiger partial charge in [-0.2, -0.15) is 0 Å². The summed E-state index contributed by atoms with van der Waals surface area (Å²) in [6, 6.07) is 6.24. The first-order valence-electron chi connectivity index (χ1n) is 5.25. The molecule has 1 aromatic carbocycles. The van der Waals surface area contributed by atoms with Crippen LogP contribution in [-0.2, 0) is 17.6 Å². The maximum absolute atomic E-state index is 10.8. The van der Waals surface area contributed by atoms with E-state index in [0.717, 1.165) is 17.5 Å². The normalized spacial score (nSPS) is 10.7. The van der Waals surface area contributed by atoms with Gasteiger partial charge in [-0.3, -0.25) is 4.79 Å². The Hall–Kier alpha value is -0.820. The van der Waals surface area contributed by atoms with E-state index in [4.69, 9.17) is 11.6 Å². The molecule has 15 heavy (non-hydrogen) atoms. The molecule has 0 heterocycles. The highest BCUT2D eigenvalue weighted by Gasteiger charge is 2.05. The van der Waals surface area contributed by atoms with Gasteiger partial charge in [0, 0.05) is 6.42 Å². The molecule has 2 heteroatoms. The fourth-order valence-electron chi connectivity index (χ4n) is 1.70. The Labute approximate surface area is 96.5 Å². The van der Waals surface area contributed by atoms with Gasteiger partial charge in [0.1, 0.15) is 0 Å². The molecular weight excluding hydrogens is 208 g/mol. The third kappa shape index (κ3) is 4.05. The van der Waals surface area contributed by atoms with Crippen LogP contribution in [-0.4, -0.2) is 5.24 Å². The van der Waals surface area contributed by atoms with E-state index in [1.807, 2.05) is 13.0 Å². The fourth-order valence-corrected chi connectivity index (χ4v) is 1.85. The lowest BCUT2D eigenvalue weighted by Gasteiger charge is -2.08. The second-order valence-corrected chi connectivity index (χ2v) is 4.81. The Balaban J connectivity index is 2.83. The fraction of sp³-hybridized carbons (Fsp3) is 0.462. The lowest BCUT2D eigenvalue weighted by Crippen LogP contribution is -1.99. The SMILES string of the molecule is Cc1cc(CC(C)C)ccc1CC(=O)Cl. The van der Waals surface area contributed by atoms with Gasteiger partial charge in [-0.1, -0.05) is 32.0 Å². The molecule has 0 bridgehead atoms. The van der Waals surface area contributed by atoms with Crippen LogP contribution < -0.4 is 0 Å². The smallest absolute Gasteiger partial charge is 0.226 e. The number of hydrogen-bond donors (Lipinski definition) is 0. The van der Waals surface area contributed by atoms with Crippen molar-refractivity contribution >= 4 is 16.8 Å². The molecule has 0 atom stereocenters. The Morgan fingerprint density at radius 1 is 1.40 bits per heavy atom. The van der Waals surface area contributed by atoms with Crippen LogP contribution >= 0.6 is 11.6 Å². The third-order valence-electron chi connectivity index (χ3n) is 2.38. The molecule has 0 aliphatic carbocycles. The van der Waals surface area contributed by atoms with Gasteiger partial charge in [0.05, 0.1) is 0 Å². The summed E-state index contributed by atoms with van der Waals surface area (Å²) in [6.45, 7) is 6.43. The highest BCUT2D eigenvalue weighted by molar-refractivity contribution is 6.63. The summed E-state index contributed by atoms with van der Waals surface area (Å²) < 4.78 is 0. The van der Waals surface area contributed by atoms with Crippen molar-refractivity contribution in [1.29, 1.82) is 0 Å². The van der Waals surface area contributed by atoms with Crippen molar-refractivity contribution in [2.45, 2.75) is 33.6 Å². The van der Waals surface area contributed by atoms with Gasteiger partial charge in [-0.05, 0) is 47.6 Å². The topological polar surface area (TPSA) is 17.1 Å². The van der Waals surface area contributed by atoms with Crippen LogP contribution in [0.3, 0.4) is 0 Å². The second kappa shape index (κ2) is 5.32. The first-order chi connectivity index (χ1) is 6.99. The van der Waals surface area contributed by atoms with Gasteiger partial charge in [-0.15, -0.1) is 0 Å². The van der Waals surface area contributed by atoms with Crippen molar-refractivity contribution in [1.82, 2.24) is 0 Å². The van der Waals surface area contributed by atoms with Gasteiger partial charge in [0.15, 0.2) is 0 Å². The summed E-state index contributed by atoms with van der Waals surface area (Å²) >= 11 is 5.37. The summed E-state index contributed by atoms with van der Waals surface area (Å²) in [7, 11) is 0. The maximum Gasteiger partial charge on any atom is 0.226 e. The highest BCUT2D eigenvalue weighted by atomic mass is 35.5. The molecule has 0 saturated heterocycles. The minimum Gasteiger partial charge on any atom is -0.281 e. The van der Waals surface area contributed by atoms with E-state index in [0.29, 0.717) is 12.3 Å². The summed E-state index contributed by atoms with van der Waals surface area (Å²) in [5.41, 5.74) is 3.51. The lowest BCUT2D eigenvalue weighted by atomic mass is 9.97. The molecule has 0 amide bonds. The van der Waals surface area contributed by atoms with E-state index >= 15 is 0 Å². The zero-order valence-electron chi connectivity index (χ0n) is 9.51. The van der Waals surface area contributed by atoms with Crippen LogP contribution in [0.2, 0.25) is 0 Å². The molecule has 0 aromatic heterocycles. The molecule has 0 spiro atoms. The monoisotopic (exact) mass is 224 g/mol. The molecule has 1 nitrogen and oxygen atoms in total. The first kappa shape index (κ1) is 12.3. The lowest BCUT2D eigenvalue weighted by molar-refractivity contribution is -0.111. The van der Waals surface area contributed by atoms with Gasteiger partial charge in [0.25, 0.3) is 0 Å². The molecule has 0 aliphatic rings. The molecule has 82 valence electrons. The maximum atomic E-state index is 10.8. The second-order valence-electron chi connectivity index (χ2n) is 4.39. The Bertz CT molecular complexity index is 356. The van der Waals surface area contributed by atoms with E-state index in [-0.39, 0.29) is 5.24 Å². The molecule has 0 aliphatic heterocycles. The van der Waals surface area contributed by atoms with Crippen molar-refractivity contribution < 1.29 is 4.79 Å². The van der Waals surface area contributed by atoms with Gasteiger partial charge in [0.2, 0.25) is 5.24 Å². The van der Waals surface area contributed by atoms with E-state index in [1.54, 1.807) is 0 Å². The number of carbonyl (C=O) groups is 1. The zero-order valence-corrected chi connectivity index (χ0v) is 10.3. The largest absolute Gasteiger partial charge is 0.281 e. The summed E-state index contributed by atoms with van der Waals surface area (Å²) in [5.74, 6) is 0.657. The van der Waals surface area contributed by atoms with Crippen LogP contribution in [0.25, 0.3) is 0 Å². The first-order valence-corrected chi connectivity index (χ1v) is 5.63. The molecule has 1 rings (SSSR count). The predicted molar refractivity (Wildman–Crippen MR) is 64.3 cm³/mol. The van der Waals surface area contributed by atoms with Crippen molar-refractivity contribution in [3.8, 4) is 0 Å². The standard InChI is InChI=1S/C13H17ClO/c1-9(2)6-11-4-5-12(8-13(14)15)10(3)7-11/h4-5,7,9H,6,8H2,1-3H3. The molecular formula is C13H17ClO. The number of hydrogen-bond acceptors (Lipinski definition) is 1. The van der Waals surface area contributed by atoms with Crippen LogP contribution in [0.1, 0.15) is 30.5 Å². The van der Waals surface area contributed by atoms with Crippen molar-refractivity contribution in [2.75, 3.05) is 0 Å². The van der Waals surface area contributed by atoms with Gasteiger partial charge < -0.3 is 0 Å². The van der Waals surface area contributed by atoms with Crippen molar-refractivity contribution in [3.05, 3.63) is 34.9 Å². The summed E-state index contributed by atoms with van der Waals surface area (Å²) in [6.07, 6.45) is 1.41. The summed E-state index contributed by atoms with van der Waals surface area (Å²) in [5, 5.41) is -0.297. The van der Waals surface area contributed by atoms with Crippen LogP contribution in [0.4, 0.5) is 0 Å². The third-order valence-corrected chi connectivity index (χ3v) is 2.51. The minimum atomic E-state index is -0.297. The predicted octanol–water partition coefficient (Wildman–Crippen LogP) is 3.50.